The number of rotatable bonds is 8. The molecule has 4 aromatic rings. The normalized spacial score (nSPS) is 11.1. The minimum atomic E-state index is -4.44. The second-order valence-corrected chi connectivity index (χ2v) is 7.96. The van der Waals surface area contributed by atoms with Crippen molar-refractivity contribution in [2.24, 2.45) is 0 Å². The summed E-state index contributed by atoms with van der Waals surface area (Å²) in [7, 11) is 0. The summed E-state index contributed by atoms with van der Waals surface area (Å²) >= 11 is 0. The second-order valence-electron chi connectivity index (χ2n) is 7.96. The largest absolute Gasteiger partial charge is 0.493 e. The Hall–Kier alpha value is -4.26. The van der Waals surface area contributed by atoms with Crippen molar-refractivity contribution in [1.82, 2.24) is 0 Å². The van der Waals surface area contributed by atoms with E-state index in [0.29, 0.717) is 29.2 Å². The van der Waals surface area contributed by atoms with E-state index in [1.54, 1.807) is 18.2 Å². The lowest BCUT2D eigenvalue weighted by Gasteiger charge is -2.14. The maximum Gasteiger partial charge on any atom is 0.416 e. The molecule has 0 saturated carbocycles. The molecule has 0 bridgehead atoms. The number of alkyl halides is 3. The summed E-state index contributed by atoms with van der Waals surface area (Å²) in [6.07, 6.45) is -4.44. The van der Waals surface area contributed by atoms with Crippen molar-refractivity contribution in [2.75, 3.05) is 11.9 Å². The number of ether oxygens (including phenoxy) is 2. The Balaban J connectivity index is 1.46. The number of hydrogen-bond donors (Lipinski definition) is 1. The molecule has 0 fully saturated rings. The van der Waals surface area contributed by atoms with Crippen LogP contribution in [0.15, 0.2) is 97.1 Å². The fourth-order valence-corrected chi connectivity index (χ4v) is 3.61. The zero-order chi connectivity index (χ0) is 25.5. The average Bonchev–Trinajstić information content (AvgIpc) is 2.89. The van der Waals surface area contributed by atoms with E-state index < -0.39 is 17.6 Å². The van der Waals surface area contributed by atoms with Crippen LogP contribution >= 0.6 is 0 Å². The molecule has 1 amide bonds. The predicted octanol–water partition coefficient (Wildman–Crippen LogP) is 7.60. The van der Waals surface area contributed by atoms with Crippen molar-refractivity contribution in [1.29, 1.82) is 0 Å². The van der Waals surface area contributed by atoms with Gasteiger partial charge in [-0.1, -0.05) is 42.5 Å². The average molecular weight is 492 g/mol. The van der Waals surface area contributed by atoms with Crippen LogP contribution < -0.4 is 14.8 Å². The van der Waals surface area contributed by atoms with Crippen molar-refractivity contribution in [2.45, 2.75) is 19.7 Å². The first-order chi connectivity index (χ1) is 17.3. The minimum Gasteiger partial charge on any atom is -0.493 e. The SMILES string of the molecule is CCOc1ccc(C(=O)Nc2ccc(C(F)(F)F)cc2)cc1COc1ccc(-c2ccccc2)cc1. The molecule has 184 valence electrons. The molecular formula is C29H24F3NO3. The molecule has 0 aliphatic rings. The van der Waals surface area contributed by atoms with E-state index in [9.17, 15) is 18.0 Å². The Bertz CT molecular complexity index is 1300. The van der Waals surface area contributed by atoms with Crippen LogP contribution in [0.3, 0.4) is 0 Å². The highest BCUT2D eigenvalue weighted by Crippen LogP contribution is 2.30. The topological polar surface area (TPSA) is 47.6 Å². The van der Waals surface area contributed by atoms with Gasteiger partial charge in [0.25, 0.3) is 5.91 Å². The molecule has 0 saturated heterocycles. The molecule has 4 aromatic carbocycles. The van der Waals surface area contributed by atoms with Gasteiger partial charge in [-0.2, -0.15) is 13.2 Å². The highest BCUT2D eigenvalue weighted by molar-refractivity contribution is 6.04. The second kappa shape index (κ2) is 11.0. The molecule has 0 spiro atoms. The number of amides is 1. The van der Waals surface area contributed by atoms with E-state index in [1.807, 2.05) is 61.5 Å². The first-order valence-electron chi connectivity index (χ1n) is 11.4. The molecule has 0 aliphatic heterocycles. The first-order valence-corrected chi connectivity index (χ1v) is 11.4. The van der Waals surface area contributed by atoms with Crippen LogP contribution in [0.2, 0.25) is 0 Å². The van der Waals surface area contributed by atoms with Crippen molar-refractivity contribution >= 4 is 11.6 Å². The molecule has 4 rings (SSSR count). The summed E-state index contributed by atoms with van der Waals surface area (Å²) in [5.74, 6) is 0.799. The van der Waals surface area contributed by atoms with Crippen molar-refractivity contribution in [3.8, 4) is 22.6 Å². The third-order valence-electron chi connectivity index (χ3n) is 5.45. The molecular weight excluding hydrogens is 467 g/mol. The fraction of sp³-hybridized carbons (Fsp3) is 0.138. The Morgan fingerprint density at radius 1 is 0.806 bits per heavy atom. The number of hydrogen-bond acceptors (Lipinski definition) is 3. The van der Waals surface area contributed by atoms with Crippen LogP contribution in [0.5, 0.6) is 11.5 Å². The van der Waals surface area contributed by atoms with Gasteiger partial charge in [-0.15, -0.1) is 0 Å². The van der Waals surface area contributed by atoms with Crippen LogP contribution in [-0.4, -0.2) is 12.5 Å². The smallest absolute Gasteiger partial charge is 0.416 e. The number of halogens is 3. The lowest BCUT2D eigenvalue weighted by molar-refractivity contribution is -0.137. The van der Waals surface area contributed by atoms with Gasteiger partial charge in [-0.25, -0.2) is 0 Å². The molecule has 0 radical (unpaired) electrons. The third kappa shape index (κ3) is 6.24. The van der Waals surface area contributed by atoms with Gasteiger partial charge in [0.05, 0.1) is 12.2 Å². The third-order valence-corrected chi connectivity index (χ3v) is 5.45. The number of carbonyl (C=O) groups excluding carboxylic acids is 1. The monoisotopic (exact) mass is 491 g/mol. The molecule has 0 heterocycles. The van der Waals surface area contributed by atoms with Gasteiger partial charge in [0, 0.05) is 16.8 Å². The molecule has 0 atom stereocenters. The molecule has 0 aromatic heterocycles. The molecule has 36 heavy (non-hydrogen) atoms. The van der Waals surface area contributed by atoms with E-state index in [1.165, 1.54) is 12.1 Å². The van der Waals surface area contributed by atoms with Crippen LogP contribution in [0, 0.1) is 0 Å². The Morgan fingerprint density at radius 3 is 2.11 bits per heavy atom. The van der Waals surface area contributed by atoms with E-state index in [0.717, 1.165) is 23.3 Å². The van der Waals surface area contributed by atoms with Gasteiger partial charge in [0.1, 0.15) is 18.1 Å². The molecule has 7 heteroatoms. The lowest BCUT2D eigenvalue weighted by atomic mass is 10.1. The van der Waals surface area contributed by atoms with Gasteiger partial charge in [-0.3, -0.25) is 4.79 Å². The van der Waals surface area contributed by atoms with Crippen molar-refractivity contribution in [3.05, 3.63) is 114 Å². The minimum absolute atomic E-state index is 0.168. The van der Waals surface area contributed by atoms with Crippen molar-refractivity contribution in [3.63, 3.8) is 0 Å². The lowest BCUT2D eigenvalue weighted by Crippen LogP contribution is -2.13. The highest BCUT2D eigenvalue weighted by atomic mass is 19.4. The maximum absolute atomic E-state index is 12.8. The standard InChI is InChI=1S/C29H24F3NO3/c1-2-35-27-17-10-22(28(34)33-25-13-11-24(12-14-25)29(30,31)32)18-23(27)19-36-26-15-8-21(9-16-26)20-6-4-3-5-7-20/h3-18H,2,19H2,1H3,(H,33,34). The van der Waals surface area contributed by atoms with E-state index in [2.05, 4.69) is 5.32 Å². The fourth-order valence-electron chi connectivity index (χ4n) is 3.61. The Morgan fingerprint density at radius 2 is 1.47 bits per heavy atom. The van der Waals surface area contributed by atoms with Crippen LogP contribution in [0.1, 0.15) is 28.4 Å². The molecule has 0 aliphatic carbocycles. The summed E-state index contributed by atoms with van der Waals surface area (Å²) in [6, 6.07) is 26.9. The maximum atomic E-state index is 12.8. The van der Waals surface area contributed by atoms with E-state index in [-0.39, 0.29) is 12.3 Å². The summed E-state index contributed by atoms with van der Waals surface area (Å²) < 4.78 is 50.0. The van der Waals surface area contributed by atoms with Gasteiger partial charge >= 0.3 is 6.18 Å². The summed E-state index contributed by atoms with van der Waals surface area (Å²) in [5.41, 5.74) is 2.66. The van der Waals surface area contributed by atoms with Gasteiger partial charge in [0.2, 0.25) is 0 Å². The molecule has 4 nitrogen and oxygen atoms in total. The highest BCUT2D eigenvalue weighted by Gasteiger charge is 2.30. The van der Waals surface area contributed by atoms with Crippen LogP contribution in [-0.2, 0) is 12.8 Å². The Labute approximate surface area is 207 Å². The number of carbonyl (C=O) groups is 1. The summed E-state index contributed by atoms with van der Waals surface area (Å²) in [6.45, 7) is 2.47. The number of nitrogens with one attached hydrogen (secondary N) is 1. The predicted molar refractivity (Wildman–Crippen MR) is 133 cm³/mol. The van der Waals surface area contributed by atoms with Gasteiger partial charge < -0.3 is 14.8 Å². The summed E-state index contributed by atoms with van der Waals surface area (Å²) in [4.78, 5) is 12.7. The zero-order valence-corrected chi connectivity index (χ0v) is 19.5. The number of anilines is 1. The summed E-state index contributed by atoms with van der Waals surface area (Å²) in [5, 5.41) is 2.62. The molecule has 1 N–H and O–H groups in total. The molecule has 0 unspecified atom stereocenters. The quantitative estimate of drug-likeness (QED) is 0.276. The van der Waals surface area contributed by atoms with Crippen LogP contribution in [0.4, 0.5) is 18.9 Å². The Kier molecular flexibility index (Phi) is 7.59. The van der Waals surface area contributed by atoms with Crippen molar-refractivity contribution < 1.29 is 27.4 Å². The zero-order valence-electron chi connectivity index (χ0n) is 19.5. The van der Waals surface area contributed by atoms with Gasteiger partial charge in [0.15, 0.2) is 0 Å². The van der Waals surface area contributed by atoms with Crippen LogP contribution in [0.25, 0.3) is 11.1 Å². The van der Waals surface area contributed by atoms with E-state index in [4.69, 9.17) is 9.47 Å². The first kappa shape index (κ1) is 24.9. The van der Waals surface area contributed by atoms with E-state index >= 15 is 0 Å². The number of benzene rings is 4. The van der Waals surface area contributed by atoms with Gasteiger partial charge in [-0.05, 0) is 72.6 Å².